The summed E-state index contributed by atoms with van der Waals surface area (Å²) in [6, 6.07) is 2.06. The molecule has 1 saturated heterocycles. The molecule has 0 N–H and O–H groups in total. The lowest BCUT2D eigenvalue weighted by molar-refractivity contribution is -0.112. The number of nitrogens with zero attached hydrogens (tertiary/aromatic N) is 4. The van der Waals surface area contributed by atoms with E-state index in [1.54, 1.807) is 0 Å². The number of rotatable bonds is 3. The van der Waals surface area contributed by atoms with Crippen molar-refractivity contribution in [3.63, 3.8) is 0 Å². The summed E-state index contributed by atoms with van der Waals surface area (Å²) in [5.74, 6) is 1.03. The molecule has 1 aliphatic rings. The van der Waals surface area contributed by atoms with Crippen LogP contribution in [0.25, 0.3) is 5.78 Å². The molecule has 0 spiro atoms. The number of piperidine rings is 1. The van der Waals surface area contributed by atoms with Crippen LogP contribution in [0.4, 0.5) is 0 Å². The second kappa shape index (κ2) is 5.32. The van der Waals surface area contributed by atoms with Gasteiger partial charge in [-0.15, -0.1) is 0 Å². The van der Waals surface area contributed by atoms with E-state index in [0.29, 0.717) is 0 Å². The second-order valence-electron chi connectivity index (χ2n) is 5.69. The predicted octanol–water partition coefficient (Wildman–Crippen LogP) is 1.76. The van der Waals surface area contributed by atoms with Crippen LogP contribution in [0.2, 0.25) is 0 Å². The van der Waals surface area contributed by atoms with Gasteiger partial charge in [-0.1, -0.05) is 0 Å². The van der Waals surface area contributed by atoms with Crippen LogP contribution in [0.5, 0.6) is 0 Å². The highest BCUT2D eigenvalue weighted by Crippen LogP contribution is 2.17. The Labute approximate surface area is 118 Å². The van der Waals surface area contributed by atoms with Crippen LogP contribution >= 0.6 is 0 Å². The molecule has 3 rings (SSSR count). The molecule has 20 heavy (non-hydrogen) atoms. The summed E-state index contributed by atoms with van der Waals surface area (Å²) in [5, 5.41) is 0. The van der Waals surface area contributed by atoms with E-state index in [1.807, 2.05) is 11.3 Å². The first-order valence-corrected chi connectivity index (χ1v) is 7.15. The highest BCUT2D eigenvalue weighted by Gasteiger charge is 2.19. The van der Waals surface area contributed by atoms with E-state index in [2.05, 4.69) is 34.1 Å². The molecule has 106 valence electrons. The molecule has 5 heteroatoms. The van der Waals surface area contributed by atoms with Gasteiger partial charge in [-0.3, -0.25) is 9.30 Å². The zero-order valence-corrected chi connectivity index (χ0v) is 12.0. The van der Waals surface area contributed by atoms with E-state index in [-0.39, 0.29) is 5.92 Å². The minimum atomic E-state index is 0.249. The van der Waals surface area contributed by atoms with Gasteiger partial charge in [-0.2, -0.15) is 0 Å². The number of aryl methyl sites for hydroxylation is 2. The van der Waals surface area contributed by atoms with Gasteiger partial charge < -0.3 is 4.79 Å². The lowest BCUT2D eigenvalue weighted by atomic mass is 9.99. The molecular weight excluding hydrogens is 252 g/mol. The average molecular weight is 272 g/mol. The maximum Gasteiger partial charge on any atom is 0.234 e. The van der Waals surface area contributed by atoms with Crippen molar-refractivity contribution in [2.24, 2.45) is 5.92 Å². The fraction of sp³-hybridized carbons (Fsp3) is 0.533. The maximum atomic E-state index is 10.8. The SMILES string of the molecule is Cc1cc(C)n2cc(CN3CCC(C=O)CC3)nc2n1. The van der Waals surface area contributed by atoms with Crippen LogP contribution in [-0.4, -0.2) is 38.6 Å². The Morgan fingerprint density at radius 3 is 2.75 bits per heavy atom. The van der Waals surface area contributed by atoms with Gasteiger partial charge in [0.05, 0.1) is 5.69 Å². The first kappa shape index (κ1) is 13.2. The van der Waals surface area contributed by atoms with Crippen LogP contribution in [0.3, 0.4) is 0 Å². The van der Waals surface area contributed by atoms with Crippen LogP contribution in [0, 0.1) is 19.8 Å². The molecular formula is C15H20N4O. The zero-order chi connectivity index (χ0) is 14.1. The fourth-order valence-corrected chi connectivity index (χ4v) is 2.87. The molecule has 0 atom stereocenters. The lowest BCUT2D eigenvalue weighted by Gasteiger charge is -2.28. The number of carbonyl (C=O) groups is 1. The molecule has 3 heterocycles. The van der Waals surface area contributed by atoms with Crippen LogP contribution in [-0.2, 0) is 11.3 Å². The Morgan fingerprint density at radius 1 is 1.30 bits per heavy atom. The van der Waals surface area contributed by atoms with E-state index >= 15 is 0 Å². The number of carbonyl (C=O) groups excluding carboxylic acids is 1. The van der Waals surface area contributed by atoms with Crippen molar-refractivity contribution in [1.29, 1.82) is 0 Å². The summed E-state index contributed by atoms with van der Waals surface area (Å²) in [6.07, 6.45) is 5.10. The third-order valence-corrected chi connectivity index (χ3v) is 4.02. The monoisotopic (exact) mass is 272 g/mol. The van der Waals surface area contributed by atoms with Crippen molar-refractivity contribution in [3.8, 4) is 0 Å². The maximum absolute atomic E-state index is 10.8. The largest absolute Gasteiger partial charge is 0.303 e. The smallest absolute Gasteiger partial charge is 0.234 e. The number of hydrogen-bond acceptors (Lipinski definition) is 4. The number of fused-ring (bicyclic) bond motifs is 1. The molecule has 0 saturated carbocycles. The van der Waals surface area contributed by atoms with E-state index in [0.717, 1.165) is 61.6 Å². The van der Waals surface area contributed by atoms with Crippen molar-refractivity contribution in [2.45, 2.75) is 33.2 Å². The summed E-state index contributed by atoms with van der Waals surface area (Å²) in [5.41, 5.74) is 3.21. The molecule has 0 aliphatic carbocycles. The first-order valence-electron chi connectivity index (χ1n) is 7.15. The molecule has 0 amide bonds. The van der Waals surface area contributed by atoms with E-state index in [9.17, 15) is 4.79 Å². The quantitative estimate of drug-likeness (QED) is 0.799. The van der Waals surface area contributed by atoms with Crippen molar-refractivity contribution >= 4 is 12.1 Å². The van der Waals surface area contributed by atoms with Gasteiger partial charge in [0.15, 0.2) is 0 Å². The van der Waals surface area contributed by atoms with Crippen molar-refractivity contribution in [3.05, 3.63) is 29.3 Å². The Bertz CT molecular complexity index is 626. The molecule has 2 aromatic rings. The van der Waals surface area contributed by atoms with Crippen molar-refractivity contribution < 1.29 is 4.79 Å². The number of likely N-dealkylation sites (tertiary alicyclic amines) is 1. The number of imidazole rings is 1. The normalized spacial score (nSPS) is 17.7. The second-order valence-corrected chi connectivity index (χ2v) is 5.69. The van der Waals surface area contributed by atoms with E-state index < -0.39 is 0 Å². The van der Waals surface area contributed by atoms with E-state index in [4.69, 9.17) is 0 Å². The number of aromatic nitrogens is 3. The number of aldehydes is 1. The van der Waals surface area contributed by atoms with Crippen LogP contribution < -0.4 is 0 Å². The summed E-state index contributed by atoms with van der Waals surface area (Å²) in [6.45, 7) is 6.85. The standard InChI is InChI=1S/C15H20N4O/c1-11-7-12(2)19-9-14(17-15(19)16-11)8-18-5-3-13(10-20)4-6-18/h7,9-10,13H,3-6,8H2,1-2H3. The van der Waals surface area contributed by atoms with Gasteiger partial charge >= 0.3 is 0 Å². The first-order chi connectivity index (χ1) is 9.65. The van der Waals surface area contributed by atoms with Gasteiger partial charge in [0.25, 0.3) is 0 Å². The molecule has 1 aliphatic heterocycles. The predicted molar refractivity (Wildman–Crippen MR) is 76.5 cm³/mol. The van der Waals surface area contributed by atoms with Gasteiger partial charge in [0.2, 0.25) is 5.78 Å². The Morgan fingerprint density at radius 2 is 2.05 bits per heavy atom. The van der Waals surface area contributed by atoms with E-state index in [1.165, 1.54) is 0 Å². The lowest BCUT2D eigenvalue weighted by Crippen LogP contribution is -2.33. The molecule has 1 fully saturated rings. The van der Waals surface area contributed by atoms with Gasteiger partial charge in [-0.25, -0.2) is 9.97 Å². The highest BCUT2D eigenvalue weighted by molar-refractivity contribution is 5.53. The molecule has 0 radical (unpaired) electrons. The molecule has 0 unspecified atom stereocenters. The van der Waals surface area contributed by atoms with Crippen molar-refractivity contribution in [2.75, 3.05) is 13.1 Å². The topological polar surface area (TPSA) is 50.5 Å². The number of hydrogen-bond donors (Lipinski definition) is 0. The zero-order valence-electron chi connectivity index (χ0n) is 12.0. The van der Waals surface area contributed by atoms with Gasteiger partial charge in [0, 0.05) is 30.0 Å². The summed E-state index contributed by atoms with van der Waals surface area (Å²) < 4.78 is 2.04. The summed E-state index contributed by atoms with van der Waals surface area (Å²) in [7, 11) is 0. The Balaban J connectivity index is 1.75. The highest BCUT2D eigenvalue weighted by atomic mass is 16.1. The minimum absolute atomic E-state index is 0.249. The molecule has 5 nitrogen and oxygen atoms in total. The summed E-state index contributed by atoms with van der Waals surface area (Å²) >= 11 is 0. The minimum Gasteiger partial charge on any atom is -0.303 e. The summed E-state index contributed by atoms with van der Waals surface area (Å²) in [4.78, 5) is 22.2. The molecule has 0 aromatic carbocycles. The Hall–Kier alpha value is -1.75. The van der Waals surface area contributed by atoms with Crippen molar-refractivity contribution in [1.82, 2.24) is 19.3 Å². The Kier molecular flexibility index (Phi) is 3.53. The molecule has 2 aromatic heterocycles. The third kappa shape index (κ3) is 2.58. The molecule has 0 bridgehead atoms. The average Bonchev–Trinajstić information content (AvgIpc) is 2.82. The van der Waals surface area contributed by atoms with Gasteiger partial charge in [0.1, 0.15) is 6.29 Å². The van der Waals surface area contributed by atoms with Crippen LogP contribution in [0.15, 0.2) is 12.3 Å². The third-order valence-electron chi connectivity index (χ3n) is 4.02. The van der Waals surface area contributed by atoms with Crippen LogP contribution in [0.1, 0.15) is 29.9 Å². The fourth-order valence-electron chi connectivity index (χ4n) is 2.87. The van der Waals surface area contributed by atoms with Gasteiger partial charge in [-0.05, 0) is 45.8 Å².